The Labute approximate surface area is 207 Å². The predicted molar refractivity (Wildman–Crippen MR) is 132 cm³/mol. The normalized spacial score (nSPS) is 14.2. The Kier molecular flexibility index (Phi) is 6.69. The Bertz CT molecular complexity index is 1350. The molecule has 1 amide bonds. The average Bonchev–Trinajstić information content (AvgIpc) is 2.92. The van der Waals surface area contributed by atoms with E-state index in [0.29, 0.717) is 31.9 Å². The molecule has 1 aliphatic heterocycles. The van der Waals surface area contributed by atoms with E-state index in [1.165, 1.54) is 41.1 Å². The van der Waals surface area contributed by atoms with Gasteiger partial charge in [0.25, 0.3) is 11.5 Å². The van der Waals surface area contributed by atoms with Crippen LogP contribution in [0.5, 0.6) is 0 Å². The number of carbonyl (C=O) groups is 1. The van der Waals surface area contributed by atoms with E-state index in [2.05, 4.69) is 10.00 Å². The van der Waals surface area contributed by atoms with Gasteiger partial charge in [-0.2, -0.15) is 9.78 Å². The third-order valence-electron chi connectivity index (χ3n) is 6.36. The molecule has 1 aromatic heterocycles. The van der Waals surface area contributed by atoms with Crippen molar-refractivity contribution in [3.05, 3.63) is 130 Å². The molecule has 0 unspecified atom stereocenters. The van der Waals surface area contributed by atoms with Gasteiger partial charge in [0.05, 0.1) is 11.7 Å². The Morgan fingerprint density at radius 1 is 0.722 bits per heavy atom. The third kappa shape index (κ3) is 4.94. The summed E-state index contributed by atoms with van der Waals surface area (Å²) in [6, 6.07) is 24.2. The minimum atomic E-state index is -0.323. The summed E-state index contributed by atoms with van der Waals surface area (Å²) in [5.74, 6) is -0.896. The van der Waals surface area contributed by atoms with Gasteiger partial charge in [0, 0.05) is 32.2 Å². The lowest BCUT2D eigenvalue weighted by Crippen LogP contribution is -2.50. The highest BCUT2D eigenvalue weighted by Crippen LogP contribution is 2.30. The second kappa shape index (κ2) is 10.2. The van der Waals surface area contributed by atoms with Crippen LogP contribution in [0.4, 0.5) is 8.78 Å². The van der Waals surface area contributed by atoms with Crippen molar-refractivity contribution < 1.29 is 13.6 Å². The number of halogens is 2. The molecule has 1 saturated heterocycles. The number of para-hydroxylation sites is 1. The summed E-state index contributed by atoms with van der Waals surface area (Å²) in [4.78, 5) is 29.5. The van der Waals surface area contributed by atoms with Gasteiger partial charge in [-0.1, -0.05) is 42.5 Å². The zero-order valence-corrected chi connectivity index (χ0v) is 19.4. The summed E-state index contributed by atoms with van der Waals surface area (Å²) in [6.45, 7) is 2.01. The predicted octanol–water partition coefficient (Wildman–Crippen LogP) is 4.06. The maximum Gasteiger partial charge on any atom is 0.274 e. The van der Waals surface area contributed by atoms with Gasteiger partial charge in [-0.15, -0.1) is 0 Å². The maximum absolute atomic E-state index is 13.6. The summed E-state index contributed by atoms with van der Waals surface area (Å²) in [5, 5.41) is 4.31. The van der Waals surface area contributed by atoms with Crippen molar-refractivity contribution in [2.75, 3.05) is 26.2 Å². The van der Waals surface area contributed by atoms with Crippen molar-refractivity contribution in [3.8, 4) is 5.69 Å². The molecule has 36 heavy (non-hydrogen) atoms. The molecule has 0 N–H and O–H groups in total. The fourth-order valence-corrected chi connectivity index (χ4v) is 4.53. The maximum atomic E-state index is 13.6. The Hall–Kier alpha value is -4.17. The van der Waals surface area contributed by atoms with Crippen LogP contribution in [0, 0.1) is 11.6 Å². The molecule has 0 spiro atoms. The van der Waals surface area contributed by atoms with Crippen LogP contribution in [-0.4, -0.2) is 51.7 Å². The lowest BCUT2D eigenvalue weighted by atomic mass is 9.96. The van der Waals surface area contributed by atoms with Crippen molar-refractivity contribution in [2.24, 2.45) is 0 Å². The quantitative estimate of drug-likeness (QED) is 0.427. The first kappa shape index (κ1) is 23.6. The van der Waals surface area contributed by atoms with E-state index in [1.54, 1.807) is 53.4 Å². The number of amides is 1. The van der Waals surface area contributed by atoms with Gasteiger partial charge >= 0.3 is 0 Å². The summed E-state index contributed by atoms with van der Waals surface area (Å²) in [7, 11) is 0. The standard InChI is InChI=1S/C28H24F2N4O2/c29-22-10-6-20(7-11-22)27(21-8-12-23(30)13-9-21)32-16-18-33(19-17-32)28(36)25-14-15-26(35)34(31-25)24-4-2-1-3-5-24/h1-15,27H,16-19H2. The van der Waals surface area contributed by atoms with Gasteiger partial charge in [-0.25, -0.2) is 8.78 Å². The molecule has 182 valence electrons. The van der Waals surface area contributed by atoms with E-state index in [-0.39, 0.29) is 34.8 Å². The van der Waals surface area contributed by atoms with E-state index in [1.807, 2.05) is 6.07 Å². The van der Waals surface area contributed by atoms with E-state index in [9.17, 15) is 18.4 Å². The fraction of sp³-hybridized carbons (Fsp3) is 0.179. The summed E-state index contributed by atoms with van der Waals surface area (Å²) >= 11 is 0. The Morgan fingerprint density at radius 3 is 1.83 bits per heavy atom. The smallest absolute Gasteiger partial charge is 0.274 e. The van der Waals surface area contributed by atoms with Crippen molar-refractivity contribution in [2.45, 2.75) is 6.04 Å². The topological polar surface area (TPSA) is 58.4 Å². The fourth-order valence-electron chi connectivity index (χ4n) is 4.53. The first-order valence-electron chi connectivity index (χ1n) is 11.7. The molecule has 0 atom stereocenters. The number of hydrogen-bond acceptors (Lipinski definition) is 4. The lowest BCUT2D eigenvalue weighted by Gasteiger charge is -2.39. The summed E-state index contributed by atoms with van der Waals surface area (Å²) in [6.07, 6.45) is 0. The second-order valence-electron chi connectivity index (χ2n) is 8.64. The van der Waals surface area contributed by atoms with E-state index >= 15 is 0 Å². The van der Waals surface area contributed by atoms with Crippen LogP contribution in [0.25, 0.3) is 5.69 Å². The highest BCUT2D eigenvalue weighted by atomic mass is 19.1. The molecule has 8 heteroatoms. The van der Waals surface area contributed by atoms with Crippen LogP contribution in [0.1, 0.15) is 27.7 Å². The SMILES string of the molecule is O=C(c1ccc(=O)n(-c2ccccc2)n1)N1CCN(C(c2ccc(F)cc2)c2ccc(F)cc2)CC1. The van der Waals surface area contributed by atoms with Crippen LogP contribution in [0.3, 0.4) is 0 Å². The van der Waals surface area contributed by atoms with Crippen LogP contribution < -0.4 is 5.56 Å². The lowest BCUT2D eigenvalue weighted by molar-refractivity contribution is 0.0589. The average molecular weight is 487 g/mol. The van der Waals surface area contributed by atoms with Crippen LogP contribution in [0.15, 0.2) is 95.8 Å². The summed E-state index contributed by atoms with van der Waals surface area (Å²) < 4.78 is 28.4. The van der Waals surface area contributed by atoms with Crippen molar-refractivity contribution in [1.29, 1.82) is 0 Å². The number of benzene rings is 3. The first-order chi connectivity index (χ1) is 17.5. The molecule has 1 fully saturated rings. The van der Waals surface area contributed by atoms with Gasteiger partial charge in [-0.3, -0.25) is 14.5 Å². The molecule has 0 radical (unpaired) electrons. The van der Waals surface area contributed by atoms with Crippen LogP contribution >= 0.6 is 0 Å². The van der Waals surface area contributed by atoms with E-state index < -0.39 is 0 Å². The molecule has 4 aromatic rings. The van der Waals surface area contributed by atoms with Gasteiger partial charge < -0.3 is 4.90 Å². The molecular weight excluding hydrogens is 462 g/mol. The molecule has 0 saturated carbocycles. The minimum Gasteiger partial charge on any atom is -0.335 e. The number of carbonyl (C=O) groups excluding carboxylic acids is 1. The van der Waals surface area contributed by atoms with Crippen molar-refractivity contribution in [1.82, 2.24) is 19.6 Å². The Morgan fingerprint density at radius 2 is 1.28 bits per heavy atom. The zero-order chi connectivity index (χ0) is 25.1. The van der Waals surface area contributed by atoms with Crippen LogP contribution in [0.2, 0.25) is 0 Å². The van der Waals surface area contributed by atoms with Gasteiger partial charge in [0.1, 0.15) is 17.3 Å². The number of hydrogen-bond donors (Lipinski definition) is 0. The molecule has 3 aromatic carbocycles. The highest BCUT2D eigenvalue weighted by molar-refractivity contribution is 5.92. The molecule has 0 aliphatic carbocycles. The number of nitrogens with zero attached hydrogens (tertiary/aromatic N) is 4. The highest BCUT2D eigenvalue weighted by Gasteiger charge is 2.29. The molecule has 0 bridgehead atoms. The first-order valence-corrected chi connectivity index (χ1v) is 11.7. The molecular formula is C28H24F2N4O2. The molecule has 2 heterocycles. The largest absolute Gasteiger partial charge is 0.335 e. The van der Waals surface area contributed by atoms with E-state index in [0.717, 1.165) is 11.1 Å². The molecule has 1 aliphatic rings. The van der Waals surface area contributed by atoms with Gasteiger partial charge in [0.2, 0.25) is 0 Å². The van der Waals surface area contributed by atoms with Gasteiger partial charge in [0.15, 0.2) is 0 Å². The summed E-state index contributed by atoms with van der Waals surface area (Å²) in [5.41, 5.74) is 2.24. The Balaban J connectivity index is 1.35. The third-order valence-corrected chi connectivity index (χ3v) is 6.36. The monoisotopic (exact) mass is 486 g/mol. The number of aromatic nitrogens is 2. The van der Waals surface area contributed by atoms with Crippen molar-refractivity contribution in [3.63, 3.8) is 0 Å². The van der Waals surface area contributed by atoms with Crippen LogP contribution in [-0.2, 0) is 0 Å². The van der Waals surface area contributed by atoms with Gasteiger partial charge in [-0.05, 0) is 53.6 Å². The number of piperazine rings is 1. The van der Waals surface area contributed by atoms with Crippen molar-refractivity contribution >= 4 is 5.91 Å². The molecule has 6 nitrogen and oxygen atoms in total. The minimum absolute atomic E-state index is 0.195. The van der Waals surface area contributed by atoms with E-state index in [4.69, 9.17) is 0 Å². The second-order valence-corrected chi connectivity index (χ2v) is 8.64. The number of rotatable bonds is 5. The zero-order valence-electron chi connectivity index (χ0n) is 19.4. The molecule has 5 rings (SSSR count).